The van der Waals surface area contributed by atoms with Gasteiger partial charge in [0, 0.05) is 19.2 Å². The molecule has 0 spiro atoms. The van der Waals surface area contributed by atoms with Gasteiger partial charge in [-0.2, -0.15) is 0 Å². The molecule has 0 N–H and O–H groups in total. The van der Waals surface area contributed by atoms with Crippen molar-refractivity contribution in [1.29, 1.82) is 0 Å². The van der Waals surface area contributed by atoms with Crippen LogP contribution >= 0.6 is 0 Å². The lowest BCUT2D eigenvalue weighted by atomic mass is 9.97. The first-order chi connectivity index (χ1) is 14.7. The van der Waals surface area contributed by atoms with E-state index in [9.17, 15) is 4.79 Å². The van der Waals surface area contributed by atoms with Crippen molar-refractivity contribution >= 4 is 5.97 Å². The maximum absolute atomic E-state index is 12.1. The van der Waals surface area contributed by atoms with Gasteiger partial charge in [0.1, 0.15) is 18.1 Å². The van der Waals surface area contributed by atoms with E-state index in [1.54, 1.807) is 11.7 Å². The lowest BCUT2D eigenvalue weighted by Gasteiger charge is -2.13. The maximum Gasteiger partial charge on any atom is 0.356 e. The van der Waals surface area contributed by atoms with E-state index in [4.69, 9.17) is 9.47 Å². The van der Waals surface area contributed by atoms with Crippen molar-refractivity contribution < 1.29 is 14.3 Å². The number of imidazole rings is 1. The van der Waals surface area contributed by atoms with E-state index >= 15 is 0 Å². The molecule has 0 radical (unpaired) electrons. The van der Waals surface area contributed by atoms with Gasteiger partial charge in [-0.25, -0.2) is 9.78 Å². The molecule has 0 unspecified atom stereocenters. The van der Waals surface area contributed by atoms with Gasteiger partial charge in [-0.05, 0) is 27.1 Å². The molecule has 0 fully saturated rings. The number of benzene rings is 2. The average Bonchev–Trinajstić information content (AvgIpc) is 3.45. The highest BCUT2D eigenvalue weighted by Gasteiger charge is 2.19. The monoisotopic (exact) mass is 404 g/mol. The molecule has 30 heavy (non-hydrogen) atoms. The Kier molecular flexibility index (Phi) is 5.71. The summed E-state index contributed by atoms with van der Waals surface area (Å²) in [5, 5.41) is 15.3. The van der Waals surface area contributed by atoms with Gasteiger partial charge in [-0.3, -0.25) is 0 Å². The maximum atomic E-state index is 12.1. The third kappa shape index (κ3) is 3.87. The molecule has 0 saturated carbocycles. The van der Waals surface area contributed by atoms with Crippen LogP contribution in [0.25, 0.3) is 11.1 Å². The van der Waals surface area contributed by atoms with Crippen molar-refractivity contribution in [3.05, 3.63) is 77.4 Å². The number of nitrogens with zero attached hydrogens (tertiary/aromatic N) is 6. The Morgan fingerprint density at radius 2 is 1.77 bits per heavy atom. The van der Waals surface area contributed by atoms with Crippen LogP contribution in [0.1, 0.15) is 33.6 Å². The van der Waals surface area contributed by atoms with Gasteiger partial charge in [0.25, 0.3) is 0 Å². The predicted octanol–water partition coefficient (Wildman–Crippen LogP) is 4.36. The highest BCUT2D eigenvalue weighted by molar-refractivity contribution is 5.87. The first-order valence-corrected chi connectivity index (χ1v) is 9.31. The SMILES string of the molecule is COCc1ncc(C(=O)OC)n1Cc1ccc(-c2ccccc2C2N=NN=N2)cc1. The zero-order valence-electron chi connectivity index (χ0n) is 16.6. The van der Waals surface area contributed by atoms with E-state index in [1.165, 1.54) is 13.3 Å². The van der Waals surface area contributed by atoms with Crippen LogP contribution in [0, 0.1) is 0 Å². The van der Waals surface area contributed by atoms with E-state index in [0.29, 0.717) is 24.7 Å². The molecule has 2 heterocycles. The van der Waals surface area contributed by atoms with Crippen LogP contribution in [-0.2, 0) is 22.6 Å². The van der Waals surface area contributed by atoms with Gasteiger partial charge in [0.2, 0.25) is 6.17 Å². The minimum Gasteiger partial charge on any atom is -0.464 e. The standard InChI is InChI=1S/C21H20N6O3/c1-29-13-19-22-11-18(21(28)30-2)27(19)12-14-7-9-15(10-8-14)16-5-3-4-6-17(16)20-23-25-26-24-20/h3-11,20H,12-13H2,1-2H3. The second-order valence-corrected chi connectivity index (χ2v) is 6.64. The number of aromatic nitrogens is 2. The molecule has 0 aliphatic carbocycles. The van der Waals surface area contributed by atoms with Crippen LogP contribution in [0.15, 0.2) is 75.4 Å². The quantitative estimate of drug-likeness (QED) is 0.546. The highest BCUT2D eigenvalue weighted by atomic mass is 16.5. The fraction of sp³-hybridized carbons (Fsp3) is 0.238. The molecule has 4 rings (SSSR count). The summed E-state index contributed by atoms with van der Waals surface area (Å²) in [6.07, 6.45) is 1.10. The summed E-state index contributed by atoms with van der Waals surface area (Å²) in [5.74, 6) is 0.222. The van der Waals surface area contributed by atoms with E-state index in [-0.39, 0.29) is 0 Å². The van der Waals surface area contributed by atoms with Crippen molar-refractivity contribution in [2.45, 2.75) is 19.3 Å². The van der Waals surface area contributed by atoms with E-state index in [2.05, 4.69) is 25.7 Å². The van der Waals surface area contributed by atoms with Gasteiger partial charge >= 0.3 is 5.97 Å². The van der Waals surface area contributed by atoms with Gasteiger partial charge in [0.05, 0.1) is 13.3 Å². The number of carbonyl (C=O) groups is 1. The molecule has 2 aromatic carbocycles. The summed E-state index contributed by atoms with van der Waals surface area (Å²) in [5.41, 5.74) is 4.39. The lowest BCUT2D eigenvalue weighted by Crippen LogP contribution is -2.14. The molecule has 3 aromatic rings. The third-order valence-electron chi connectivity index (χ3n) is 4.81. The summed E-state index contributed by atoms with van der Waals surface area (Å²) >= 11 is 0. The molecule has 0 bridgehead atoms. The smallest absolute Gasteiger partial charge is 0.356 e. The topological polar surface area (TPSA) is 103 Å². The van der Waals surface area contributed by atoms with Gasteiger partial charge in [-0.1, -0.05) is 48.5 Å². The zero-order chi connectivity index (χ0) is 20.9. The van der Waals surface area contributed by atoms with Crippen LogP contribution in [-0.4, -0.2) is 29.7 Å². The number of carbonyl (C=O) groups excluding carboxylic acids is 1. The fourth-order valence-electron chi connectivity index (χ4n) is 3.35. The summed E-state index contributed by atoms with van der Waals surface area (Å²) in [7, 11) is 2.94. The van der Waals surface area contributed by atoms with Crippen molar-refractivity contribution in [2.75, 3.05) is 14.2 Å². The van der Waals surface area contributed by atoms with Crippen molar-refractivity contribution in [1.82, 2.24) is 9.55 Å². The number of hydrogen-bond donors (Lipinski definition) is 0. The summed E-state index contributed by atoms with van der Waals surface area (Å²) in [6, 6.07) is 16.0. The molecule has 0 amide bonds. The molecule has 9 nitrogen and oxygen atoms in total. The van der Waals surface area contributed by atoms with Crippen molar-refractivity contribution in [3.63, 3.8) is 0 Å². The Labute approximate surface area is 173 Å². The first kappa shape index (κ1) is 19.6. The molecular formula is C21H20N6O3. The molecule has 1 aliphatic rings. The lowest BCUT2D eigenvalue weighted by molar-refractivity contribution is 0.0587. The Morgan fingerprint density at radius 1 is 1.03 bits per heavy atom. The number of methoxy groups -OCH3 is 2. The molecule has 1 aliphatic heterocycles. The van der Waals surface area contributed by atoms with Crippen molar-refractivity contribution in [2.24, 2.45) is 20.7 Å². The fourth-order valence-corrected chi connectivity index (χ4v) is 3.35. The van der Waals surface area contributed by atoms with Gasteiger partial charge < -0.3 is 14.0 Å². The first-order valence-electron chi connectivity index (χ1n) is 9.31. The third-order valence-corrected chi connectivity index (χ3v) is 4.81. The van der Waals surface area contributed by atoms with Crippen LogP contribution in [0.4, 0.5) is 0 Å². The summed E-state index contributed by atoms with van der Waals surface area (Å²) in [4.78, 5) is 16.4. The summed E-state index contributed by atoms with van der Waals surface area (Å²) < 4.78 is 11.9. The number of esters is 1. The zero-order valence-corrected chi connectivity index (χ0v) is 16.6. The minimum atomic E-state index is -0.435. The van der Waals surface area contributed by atoms with E-state index in [0.717, 1.165) is 22.3 Å². The largest absolute Gasteiger partial charge is 0.464 e. The Morgan fingerprint density at radius 3 is 2.47 bits per heavy atom. The Balaban J connectivity index is 1.62. The second kappa shape index (κ2) is 8.75. The molecule has 1 aromatic heterocycles. The van der Waals surface area contributed by atoms with Crippen LogP contribution in [0.2, 0.25) is 0 Å². The second-order valence-electron chi connectivity index (χ2n) is 6.64. The molecule has 0 saturated heterocycles. The molecule has 0 atom stereocenters. The number of rotatable bonds is 7. The highest BCUT2D eigenvalue weighted by Crippen LogP contribution is 2.33. The summed E-state index contributed by atoms with van der Waals surface area (Å²) in [6.45, 7) is 0.767. The van der Waals surface area contributed by atoms with Crippen molar-refractivity contribution in [3.8, 4) is 11.1 Å². The van der Waals surface area contributed by atoms with Crippen LogP contribution in [0.3, 0.4) is 0 Å². The average molecular weight is 404 g/mol. The molecule has 9 heteroatoms. The number of ether oxygens (including phenoxy) is 2. The van der Waals surface area contributed by atoms with Gasteiger partial charge in [-0.15, -0.1) is 10.2 Å². The van der Waals surface area contributed by atoms with Gasteiger partial charge in [0.15, 0.2) is 0 Å². The number of hydrogen-bond acceptors (Lipinski definition) is 8. The van der Waals surface area contributed by atoms with Crippen LogP contribution in [0.5, 0.6) is 0 Å². The van der Waals surface area contributed by atoms with E-state index < -0.39 is 12.1 Å². The molecular weight excluding hydrogens is 384 g/mol. The minimum absolute atomic E-state index is 0.299. The normalized spacial score (nSPS) is 13.1. The predicted molar refractivity (Wildman–Crippen MR) is 108 cm³/mol. The van der Waals surface area contributed by atoms with Crippen LogP contribution < -0.4 is 0 Å². The molecule has 152 valence electrons. The Hall–Kier alpha value is -3.72. The van der Waals surface area contributed by atoms with E-state index in [1.807, 2.05) is 48.5 Å². The Bertz CT molecular complexity index is 1090.